The zero-order chi connectivity index (χ0) is 20.5. The maximum Gasteiger partial charge on any atom is 0.416 e. The Kier molecular flexibility index (Phi) is 5.59. The van der Waals surface area contributed by atoms with E-state index in [4.69, 9.17) is 16.3 Å². The van der Waals surface area contributed by atoms with Crippen molar-refractivity contribution in [3.63, 3.8) is 0 Å². The van der Waals surface area contributed by atoms with Crippen molar-refractivity contribution in [2.45, 2.75) is 30.5 Å². The van der Waals surface area contributed by atoms with Gasteiger partial charge in [0, 0.05) is 11.6 Å². The third-order valence-electron chi connectivity index (χ3n) is 4.95. The molecular formula is C20H19ClF3NO3. The van der Waals surface area contributed by atoms with Crippen molar-refractivity contribution in [2.75, 3.05) is 13.7 Å². The van der Waals surface area contributed by atoms with Gasteiger partial charge < -0.3 is 15.2 Å². The Labute approximate surface area is 165 Å². The van der Waals surface area contributed by atoms with Crippen molar-refractivity contribution in [3.05, 3.63) is 64.2 Å². The number of rotatable bonds is 6. The molecule has 1 saturated carbocycles. The molecule has 2 N–H and O–H groups in total. The smallest absolute Gasteiger partial charge is 0.416 e. The first-order chi connectivity index (χ1) is 13.2. The number of methoxy groups -OCH3 is 1. The molecule has 1 amide bonds. The summed E-state index contributed by atoms with van der Waals surface area (Å²) < 4.78 is 44.1. The van der Waals surface area contributed by atoms with E-state index in [0.29, 0.717) is 24.2 Å². The van der Waals surface area contributed by atoms with E-state index >= 15 is 0 Å². The molecular weight excluding hydrogens is 395 g/mol. The fourth-order valence-corrected chi connectivity index (χ4v) is 3.41. The van der Waals surface area contributed by atoms with Crippen molar-refractivity contribution in [2.24, 2.45) is 0 Å². The van der Waals surface area contributed by atoms with Gasteiger partial charge in [0.1, 0.15) is 5.75 Å². The van der Waals surface area contributed by atoms with Gasteiger partial charge in [-0.2, -0.15) is 13.2 Å². The fourth-order valence-electron chi connectivity index (χ4n) is 3.11. The van der Waals surface area contributed by atoms with E-state index in [2.05, 4.69) is 5.32 Å². The summed E-state index contributed by atoms with van der Waals surface area (Å²) in [5, 5.41) is 13.0. The molecule has 3 rings (SSSR count). The summed E-state index contributed by atoms with van der Waals surface area (Å²) in [4.78, 5) is 12.7. The van der Waals surface area contributed by atoms with E-state index in [1.165, 1.54) is 13.2 Å². The highest BCUT2D eigenvalue weighted by molar-refractivity contribution is 6.32. The third-order valence-corrected chi connectivity index (χ3v) is 5.28. The summed E-state index contributed by atoms with van der Waals surface area (Å²) in [6.45, 7) is -0.0660. The molecule has 1 fully saturated rings. The molecule has 0 radical (unpaired) electrons. The maximum atomic E-state index is 13.0. The van der Waals surface area contributed by atoms with Gasteiger partial charge in [-0.15, -0.1) is 0 Å². The van der Waals surface area contributed by atoms with Crippen molar-refractivity contribution in [1.29, 1.82) is 0 Å². The lowest BCUT2D eigenvalue weighted by molar-refractivity contribution is -0.137. The molecule has 0 spiro atoms. The average molecular weight is 414 g/mol. The van der Waals surface area contributed by atoms with Gasteiger partial charge in [-0.25, -0.2) is 0 Å². The standard InChI is InChI=1S/C20H19ClF3NO3/c1-28-14-5-2-12(3-6-14)17(26)11-25-18(27)19(8-9-19)15-10-13(20(22,23)24)4-7-16(15)21/h2-7,10,17,26H,8-9,11H2,1H3,(H,25,27). The molecule has 0 aliphatic heterocycles. The third kappa shape index (κ3) is 4.10. The maximum absolute atomic E-state index is 13.0. The summed E-state index contributed by atoms with van der Waals surface area (Å²) in [6.07, 6.45) is -4.67. The van der Waals surface area contributed by atoms with E-state index < -0.39 is 29.2 Å². The van der Waals surface area contributed by atoms with Crippen LogP contribution in [0.5, 0.6) is 5.75 Å². The summed E-state index contributed by atoms with van der Waals surface area (Å²) in [6, 6.07) is 9.72. The van der Waals surface area contributed by atoms with Gasteiger partial charge in [0.05, 0.1) is 24.2 Å². The van der Waals surface area contributed by atoms with Crippen LogP contribution < -0.4 is 10.1 Å². The summed E-state index contributed by atoms with van der Waals surface area (Å²) in [5.41, 5.74) is -1.18. The normalized spacial score (nSPS) is 16.4. The van der Waals surface area contributed by atoms with Crippen molar-refractivity contribution in [1.82, 2.24) is 5.32 Å². The Bertz CT molecular complexity index is 864. The fraction of sp³-hybridized carbons (Fsp3) is 0.350. The molecule has 0 bridgehead atoms. The van der Waals surface area contributed by atoms with Gasteiger partial charge in [-0.1, -0.05) is 23.7 Å². The molecule has 0 aromatic heterocycles. The molecule has 2 aromatic rings. The van der Waals surface area contributed by atoms with Crippen molar-refractivity contribution >= 4 is 17.5 Å². The molecule has 1 atom stereocenters. The lowest BCUT2D eigenvalue weighted by Crippen LogP contribution is -2.37. The number of hydrogen-bond donors (Lipinski definition) is 2. The molecule has 1 unspecified atom stereocenters. The first-order valence-electron chi connectivity index (χ1n) is 8.65. The van der Waals surface area contributed by atoms with Crippen LogP contribution in [0.15, 0.2) is 42.5 Å². The Morgan fingerprint density at radius 3 is 2.43 bits per heavy atom. The Morgan fingerprint density at radius 1 is 1.25 bits per heavy atom. The van der Waals surface area contributed by atoms with Crippen molar-refractivity contribution in [3.8, 4) is 5.75 Å². The Balaban J connectivity index is 1.72. The topological polar surface area (TPSA) is 58.6 Å². The van der Waals surface area contributed by atoms with Crippen LogP contribution in [-0.4, -0.2) is 24.7 Å². The minimum atomic E-state index is -4.52. The highest BCUT2D eigenvalue weighted by Gasteiger charge is 2.53. The number of benzene rings is 2. The summed E-state index contributed by atoms with van der Waals surface area (Å²) in [5.74, 6) is 0.192. The number of aliphatic hydroxyl groups is 1. The molecule has 4 nitrogen and oxygen atoms in total. The van der Waals surface area contributed by atoms with Crippen LogP contribution >= 0.6 is 11.6 Å². The van der Waals surface area contributed by atoms with Gasteiger partial charge in [0.25, 0.3) is 0 Å². The highest BCUT2D eigenvalue weighted by atomic mass is 35.5. The summed E-state index contributed by atoms with van der Waals surface area (Å²) in [7, 11) is 1.53. The molecule has 1 aliphatic carbocycles. The number of amides is 1. The SMILES string of the molecule is COc1ccc(C(O)CNC(=O)C2(c3cc(C(F)(F)F)ccc3Cl)CC2)cc1. The number of carbonyl (C=O) groups is 1. The number of ether oxygens (including phenoxy) is 1. The largest absolute Gasteiger partial charge is 0.497 e. The van der Waals surface area contributed by atoms with E-state index in [1.54, 1.807) is 24.3 Å². The van der Waals surface area contributed by atoms with Crippen molar-refractivity contribution < 1.29 is 27.8 Å². The molecule has 28 heavy (non-hydrogen) atoms. The molecule has 8 heteroatoms. The van der Waals surface area contributed by atoms with Crippen LogP contribution in [0.4, 0.5) is 13.2 Å². The van der Waals surface area contributed by atoms with Gasteiger partial charge >= 0.3 is 6.18 Å². The average Bonchev–Trinajstić information content (AvgIpc) is 3.47. The van der Waals surface area contributed by atoms with Crippen LogP contribution in [0.2, 0.25) is 5.02 Å². The van der Waals surface area contributed by atoms with Crippen LogP contribution in [0.1, 0.15) is 35.6 Å². The minimum absolute atomic E-state index is 0.0660. The van der Waals surface area contributed by atoms with E-state index in [1.807, 2.05) is 0 Å². The molecule has 1 aliphatic rings. The number of nitrogens with one attached hydrogen (secondary N) is 1. The Morgan fingerprint density at radius 2 is 1.89 bits per heavy atom. The zero-order valence-electron chi connectivity index (χ0n) is 15.0. The first-order valence-corrected chi connectivity index (χ1v) is 9.03. The second kappa shape index (κ2) is 7.64. The monoisotopic (exact) mass is 413 g/mol. The number of halogens is 4. The molecule has 2 aromatic carbocycles. The predicted molar refractivity (Wildman–Crippen MR) is 98.3 cm³/mol. The molecule has 0 heterocycles. The second-order valence-corrected chi connectivity index (χ2v) is 7.18. The second-order valence-electron chi connectivity index (χ2n) is 6.77. The lowest BCUT2D eigenvalue weighted by atomic mass is 9.93. The van der Waals surface area contributed by atoms with Crippen LogP contribution in [0.25, 0.3) is 0 Å². The number of hydrogen-bond acceptors (Lipinski definition) is 3. The zero-order valence-corrected chi connectivity index (χ0v) is 15.8. The number of aliphatic hydroxyl groups excluding tert-OH is 1. The van der Waals surface area contributed by atoms with E-state index in [0.717, 1.165) is 12.1 Å². The quantitative estimate of drug-likeness (QED) is 0.744. The van der Waals surface area contributed by atoms with Gasteiger partial charge in [0.2, 0.25) is 5.91 Å². The van der Waals surface area contributed by atoms with E-state index in [9.17, 15) is 23.1 Å². The van der Waals surface area contributed by atoms with Gasteiger partial charge in [-0.05, 0) is 54.3 Å². The number of alkyl halides is 3. The lowest BCUT2D eigenvalue weighted by Gasteiger charge is -2.20. The minimum Gasteiger partial charge on any atom is -0.497 e. The van der Waals surface area contributed by atoms with Crippen LogP contribution in [-0.2, 0) is 16.4 Å². The highest BCUT2D eigenvalue weighted by Crippen LogP contribution is 2.51. The molecule has 0 saturated heterocycles. The summed E-state index contributed by atoms with van der Waals surface area (Å²) >= 11 is 6.09. The number of carbonyl (C=O) groups excluding carboxylic acids is 1. The Hall–Kier alpha value is -2.25. The van der Waals surface area contributed by atoms with Gasteiger partial charge in [0.15, 0.2) is 0 Å². The predicted octanol–water partition coefficient (Wildman–Crippen LogP) is 4.25. The van der Waals surface area contributed by atoms with E-state index in [-0.39, 0.29) is 17.1 Å². The first kappa shape index (κ1) is 20.5. The molecule has 150 valence electrons. The van der Waals surface area contributed by atoms with Gasteiger partial charge in [-0.3, -0.25) is 4.79 Å². The van der Waals surface area contributed by atoms with Crippen LogP contribution in [0, 0.1) is 0 Å². The van der Waals surface area contributed by atoms with Crippen LogP contribution in [0.3, 0.4) is 0 Å².